The molecule has 0 aliphatic rings. The van der Waals surface area contributed by atoms with E-state index < -0.39 is 0 Å². The fraction of sp³-hybridized carbons (Fsp3) is 0.0769. The molecule has 0 atom stereocenters. The number of aryl methyl sites for hydroxylation is 2. The highest BCUT2D eigenvalue weighted by Crippen LogP contribution is 2.38. The summed E-state index contributed by atoms with van der Waals surface area (Å²) in [5.74, 6) is 0. The molecule has 0 saturated carbocycles. The summed E-state index contributed by atoms with van der Waals surface area (Å²) in [6, 6.07) is 26.1. The summed E-state index contributed by atoms with van der Waals surface area (Å²) in [5.41, 5.74) is 5.06. The van der Waals surface area contributed by atoms with Gasteiger partial charge in [0, 0.05) is 9.75 Å². The molecule has 0 N–H and O–H groups in total. The lowest BCUT2D eigenvalue weighted by atomic mass is 10.1. The van der Waals surface area contributed by atoms with Gasteiger partial charge in [-0.1, -0.05) is 83.6 Å². The van der Waals surface area contributed by atoms with Gasteiger partial charge < -0.3 is 0 Å². The average molecular weight is 431 g/mol. The molecule has 2 aromatic carbocycles. The molecule has 29 heavy (non-hydrogen) atoms. The van der Waals surface area contributed by atoms with Crippen LogP contribution in [0, 0.1) is 13.8 Å². The van der Waals surface area contributed by atoms with Gasteiger partial charge in [0.05, 0.1) is 8.42 Å². The molecule has 0 nitrogen and oxygen atoms in total. The maximum Gasteiger partial charge on any atom is 0.0660 e. The molecule has 4 aromatic rings. The van der Waals surface area contributed by atoms with Crippen molar-refractivity contribution < 1.29 is 0 Å². The monoisotopic (exact) mass is 430 g/mol. The minimum Gasteiger partial charge on any atom is -0.129 e. The fourth-order valence-corrected chi connectivity index (χ4v) is 6.13. The quantitative estimate of drug-likeness (QED) is 0.294. The van der Waals surface area contributed by atoms with E-state index >= 15 is 0 Å². The summed E-state index contributed by atoms with van der Waals surface area (Å²) in [6.45, 7) is 4.23. The van der Waals surface area contributed by atoms with Crippen LogP contribution in [0.3, 0.4) is 0 Å². The molecule has 144 valence electrons. The molecular formula is C26H22S3. The number of thiophene rings is 2. The van der Waals surface area contributed by atoms with Crippen LogP contribution in [0.5, 0.6) is 0 Å². The van der Waals surface area contributed by atoms with Gasteiger partial charge in [0.25, 0.3) is 0 Å². The van der Waals surface area contributed by atoms with E-state index in [1.165, 1.54) is 40.4 Å². The van der Waals surface area contributed by atoms with Crippen LogP contribution in [-0.4, -0.2) is 0 Å². The first kappa shape index (κ1) is 20.0. The molecule has 4 rings (SSSR count). The smallest absolute Gasteiger partial charge is 0.0660 e. The minimum atomic E-state index is 1.24. The van der Waals surface area contributed by atoms with E-state index in [1.807, 2.05) is 34.4 Å². The van der Waals surface area contributed by atoms with Crippen LogP contribution in [0.4, 0.5) is 0 Å². The van der Waals surface area contributed by atoms with Crippen LogP contribution < -0.4 is 0 Å². The molecule has 2 aromatic heterocycles. The number of rotatable bonds is 6. The molecule has 0 saturated heterocycles. The molecule has 3 heteroatoms. The van der Waals surface area contributed by atoms with Gasteiger partial charge in [-0.15, -0.1) is 22.7 Å². The molecule has 0 bridgehead atoms. The second-order valence-corrected chi connectivity index (χ2v) is 10.7. The third-order valence-corrected chi connectivity index (χ3v) is 7.81. The highest BCUT2D eigenvalue weighted by Gasteiger charge is 2.04. The zero-order valence-corrected chi connectivity index (χ0v) is 18.9. The van der Waals surface area contributed by atoms with Crippen molar-refractivity contribution >= 4 is 58.7 Å². The maximum absolute atomic E-state index is 2.21. The van der Waals surface area contributed by atoms with E-state index in [0.29, 0.717) is 0 Å². The van der Waals surface area contributed by atoms with Crippen LogP contribution in [0.25, 0.3) is 24.3 Å². The van der Waals surface area contributed by atoms with E-state index in [1.54, 1.807) is 0 Å². The maximum atomic E-state index is 2.21. The summed E-state index contributed by atoms with van der Waals surface area (Å²) in [4.78, 5) is 2.56. The van der Waals surface area contributed by atoms with Crippen molar-refractivity contribution in [1.82, 2.24) is 0 Å². The Morgan fingerprint density at radius 2 is 0.931 bits per heavy atom. The highest BCUT2D eigenvalue weighted by molar-refractivity contribution is 8.02. The molecule has 0 fully saturated rings. The van der Waals surface area contributed by atoms with Gasteiger partial charge in [-0.3, -0.25) is 0 Å². The lowest BCUT2D eigenvalue weighted by Crippen LogP contribution is -1.72. The molecule has 0 unspecified atom stereocenters. The van der Waals surface area contributed by atoms with Gasteiger partial charge in [-0.05, 0) is 61.4 Å². The van der Waals surface area contributed by atoms with Crippen LogP contribution in [0.15, 0.2) is 81.2 Å². The normalized spacial score (nSPS) is 11.7. The topological polar surface area (TPSA) is 0 Å². The number of hydrogen-bond acceptors (Lipinski definition) is 3. The third-order valence-electron chi connectivity index (χ3n) is 4.44. The van der Waals surface area contributed by atoms with Gasteiger partial charge in [0.2, 0.25) is 0 Å². The van der Waals surface area contributed by atoms with Crippen molar-refractivity contribution in [2.75, 3.05) is 0 Å². The number of benzene rings is 2. The second kappa shape index (κ2) is 9.45. The first-order valence-electron chi connectivity index (χ1n) is 9.51. The molecular weight excluding hydrogens is 408 g/mol. The van der Waals surface area contributed by atoms with Crippen LogP contribution >= 0.6 is 34.4 Å². The van der Waals surface area contributed by atoms with Crippen molar-refractivity contribution in [3.63, 3.8) is 0 Å². The zero-order valence-electron chi connectivity index (χ0n) is 16.5. The first-order valence-corrected chi connectivity index (χ1v) is 12.0. The van der Waals surface area contributed by atoms with Crippen LogP contribution in [0.1, 0.15) is 32.0 Å². The largest absolute Gasteiger partial charge is 0.129 e. The Labute approximate surface area is 185 Å². The standard InChI is InChI=1S/C26H22S3/c1-19-3-7-21(8-4-19)11-13-23-15-17-25(27-23)29-26-18-16-24(28-26)14-12-22-9-5-20(2)6-10-22/h3-18H,1-2H3. The molecule has 0 aliphatic heterocycles. The molecule has 0 spiro atoms. The Kier molecular flexibility index (Phi) is 6.50. The fourth-order valence-electron chi connectivity index (χ4n) is 2.77. The van der Waals surface area contributed by atoms with Crippen molar-refractivity contribution in [2.24, 2.45) is 0 Å². The Bertz CT molecular complexity index is 1030. The van der Waals surface area contributed by atoms with Crippen molar-refractivity contribution in [3.8, 4) is 0 Å². The lowest BCUT2D eigenvalue weighted by Gasteiger charge is -1.94. The first-order chi connectivity index (χ1) is 14.1. The summed E-state index contributed by atoms with van der Waals surface area (Å²) in [6.07, 6.45) is 8.75. The second-order valence-electron chi connectivity index (χ2n) is 6.90. The number of hydrogen-bond donors (Lipinski definition) is 0. The summed E-state index contributed by atoms with van der Waals surface area (Å²) in [5, 5.41) is 0. The van der Waals surface area contributed by atoms with Gasteiger partial charge in [0.1, 0.15) is 0 Å². The molecule has 0 aliphatic carbocycles. The summed E-state index contributed by atoms with van der Waals surface area (Å²) >= 11 is 5.52. The van der Waals surface area contributed by atoms with E-state index in [2.05, 4.69) is 111 Å². The predicted octanol–water partition coefficient (Wildman–Crippen LogP) is 8.92. The van der Waals surface area contributed by atoms with E-state index in [-0.39, 0.29) is 0 Å². The van der Waals surface area contributed by atoms with Crippen molar-refractivity contribution in [2.45, 2.75) is 22.3 Å². The average Bonchev–Trinajstić information content (AvgIpc) is 3.37. The minimum absolute atomic E-state index is 1.24. The van der Waals surface area contributed by atoms with E-state index in [4.69, 9.17) is 0 Å². The summed E-state index contributed by atoms with van der Waals surface area (Å²) in [7, 11) is 0. The van der Waals surface area contributed by atoms with E-state index in [0.717, 1.165) is 0 Å². The van der Waals surface area contributed by atoms with Gasteiger partial charge >= 0.3 is 0 Å². The van der Waals surface area contributed by atoms with Crippen molar-refractivity contribution in [1.29, 1.82) is 0 Å². The van der Waals surface area contributed by atoms with E-state index in [9.17, 15) is 0 Å². The van der Waals surface area contributed by atoms with Gasteiger partial charge in [0.15, 0.2) is 0 Å². The Morgan fingerprint density at radius 1 is 0.517 bits per heavy atom. The van der Waals surface area contributed by atoms with Crippen LogP contribution in [-0.2, 0) is 0 Å². The van der Waals surface area contributed by atoms with Gasteiger partial charge in [-0.25, -0.2) is 0 Å². The Balaban J connectivity index is 1.37. The van der Waals surface area contributed by atoms with Crippen molar-refractivity contribution in [3.05, 3.63) is 105 Å². The van der Waals surface area contributed by atoms with Gasteiger partial charge in [-0.2, -0.15) is 0 Å². The van der Waals surface area contributed by atoms with Crippen LogP contribution in [0.2, 0.25) is 0 Å². The Hall–Kier alpha value is -2.33. The molecule has 0 amide bonds. The molecule has 0 radical (unpaired) electrons. The zero-order chi connectivity index (χ0) is 20.1. The summed E-state index contributed by atoms with van der Waals surface area (Å²) < 4.78 is 2.65. The third kappa shape index (κ3) is 5.83. The SMILES string of the molecule is Cc1ccc(C=Cc2ccc(Sc3ccc(C=Cc4ccc(C)cc4)s3)s2)cc1. The lowest BCUT2D eigenvalue weighted by molar-refractivity contribution is 1.46. The predicted molar refractivity (Wildman–Crippen MR) is 133 cm³/mol. The highest BCUT2D eigenvalue weighted by atomic mass is 32.2. The Morgan fingerprint density at radius 3 is 1.34 bits per heavy atom. The molecule has 2 heterocycles.